The largest absolute Gasteiger partial charge is 0.495 e. The Morgan fingerprint density at radius 2 is 1.79 bits per heavy atom. The first kappa shape index (κ1) is 14.2. The Kier molecular flexibility index (Phi) is 3.75. The molecule has 1 heterocycles. The second kappa shape index (κ2) is 5.03. The molecule has 1 fully saturated rings. The average Bonchev–Trinajstić information content (AvgIpc) is 2.25. The van der Waals surface area contributed by atoms with Gasteiger partial charge in [0.25, 0.3) is 0 Å². The van der Waals surface area contributed by atoms with Gasteiger partial charge in [-0.25, -0.2) is 4.98 Å². The van der Waals surface area contributed by atoms with Crippen LogP contribution in [-0.2, 0) is 0 Å². The molecule has 1 N–H and O–H groups in total. The molecule has 0 unspecified atom stereocenters. The van der Waals surface area contributed by atoms with E-state index in [-0.39, 0.29) is 0 Å². The second-order valence-electron chi connectivity index (χ2n) is 7.34. The molecule has 0 aliphatic heterocycles. The van der Waals surface area contributed by atoms with Crippen LogP contribution in [0.25, 0.3) is 0 Å². The number of anilines is 1. The van der Waals surface area contributed by atoms with Crippen molar-refractivity contribution in [3.05, 3.63) is 18.3 Å². The van der Waals surface area contributed by atoms with Crippen LogP contribution >= 0.6 is 0 Å². The summed E-state index contributed by atoms with van der Waals surface area (Å²) in [4.78, 5) is 4.40. The van der Waals surface area contributed by atoms with Gasteiger partial charge in [-0.05, 0) is 42.2 Å². The first-order chi connectivity index (χ1) is 8.80. The number of hydrogen-bond donors (Lipinski definition) is 1. The van der Waals surface area contributed by atoms with Crippen molar-refractivity contribution in [2.75, 3.05) is 12.4 Å². The van der Waals surface area contributed by atoms with E-state index in [9.17, 15) is 0 Å². The van der Waals surface area contributed by atoms with Crippen molar-refractivity contribution in [3.8, 4) is 5.75 Å². The van der Waals surface area contributed by atoms with Crippen molar-refractivity contribution >= 4 is 5.82 Å². The third-order valence-electron chi connectivity index (χ3n) is 3.88. The fourth-order valence-corrected chi connectivity index (χ4v) is 3.74. The van der Waals surface area contributed by atoms with Crippen molar-refractivity contribution < 1.29 is 4.74 Å². The molecule has 2 rings (SSSR count). The van der Waals surface area contributed by atoms with Gasteiger partial charge in [0, 0.05) is 6.04 Å². The minimum Gasteiger partial charge on any atom is -0.495 e. The molecule has 1 aromatic heterocycles. The van der Waals surface area contributed by atoms with Crippen LogP contribution < -0.4 is 10.1 Å². The summed E-state index contributed by atoms with van der Waals surface area (Å²) in [6.45, 7) is 9.46. The van der Waals surface area contributed by atoms with E-state index < -0.39 is 0 Å². The summed E-state index contributed by atoms with van der Waals surface area (Å²) in [5, 5.41) is 3.58. The SMILES string of the molecule is COc1ccc(NC2CC(C)(C)CC(C)(C)C2)nc1. The molecular formula is C16H26N2O. The van der Waals surface area contributed by atoms with Gasteiger partial charge in [-0.1, -0.05) is 27.7 Å². The van der Waals surface area contributed by atoms with Crippen LogP contribution in [0.4, 0.5) is 5.82 Å². The molecule has 3 nitrogen and oxygen atoms in total. The van der Waals surface area contributed by atoms with E-state index in [1.165, 1.54) is 19.3 Å². The molecular weight excluding hydrogens is 236 g/mol. The lowest BCUT2D eigenvalue weighted by Gasteiger charge is -2.45. The van der Waals surface area contributed by atoms with Gasteiger partial charge in [-0.2, -0.15) is 0 Å². The Morgan fingerprint density at radius 1 is 1.16 bits per heavy atom. The van der Waals surface area contributed by atoms with Gasteiger partial charge in [0.15, 0.2) is 0 Å². The minimum atomic E-state index is 0.395. The van der Waals surface area contributed by atoms with E-state index in [1.54, 1.807) is 13.3 Å². The minimum absolute atomic E-state index is 0.395. The smallest absolute Gasteiger partial charge is 0.137 e. The van der Waals surface area contributed by atoms with Gasteiger partial charge in [0.05, 0.1) is 13.3 Å². The maximum Gasteiger partial charge on any atom is 0.137 e. The number of methoxy groups -OCH3 is 1. The fourth-order valence-electron chi connectivity index (χ4n) is 3.74. The molecule has 19 heavy (non-hydrogen) atoms. The predicted octanol–water partition coefficient (Wildman–Crippen LogP) is 4.11. The molecule has 0 amide bonds. The number of rotatable bonds is 3. The lowest BCUT2D eigenvalue weighted by Crippen LogP contribution is -2.40. The summed E-state index contributed by atoms with van der Waals surface area (Å²) < 4.78 is 5.14. The van der Waals surface area contributed by atoms with Crippen LogP contribution in [-0.4, -0.2) is 18.1 Å². The van der Waals surface area contributed by atoms with E-state index >= 15 is 0 Å². The Hall–Kier alpha value is -1.25. The Labute approximate surface area is 116 Å². The van der Waals surface area contributed by atoms with Crippen molar-refractivity contribution in [1.82, 2.24) is 4.98 Å². The third kappa shape index (κ3) is 3.85. The van der Waals surface area contributed by atoms with Gasteiger partial charge in [0.2, 0.25) is 0 Å². The Morgan fingerprint density at radius 3 is 2.26 bits per heavy atom. The number of ether oxygens (including phenoxy) is 1. The van der Waals surface area contributed by atoms with Gasteiger partial charge < -0.3 is 10.1 Å². The quantitative estimate of drug-likeness (QED) is 0.890. The average molecular weight is 262 g/mol. The molecule has 1 aliphatic carbocycles. The summed E-state index contributed by atoms with van der Waals surface area (Å²) in [6.07, 6.45) is 5.45. The van der Waals surface area contributed by atoms with E-state index in [0.717, 1.165) is 11.6 Å². The number of nitrogens with one attached hydrogen (secondary N) is 1. The molecule has 1 saturated carbocycles. The van der Waals surface area contributed by atoms with Crippen molar-refractivity contribution in [2.24, 2.45) is 10.8 Å². The van der Waals surface area contributed by atoms with Crippen LogP contribution in [0.15, 0.2) is 18.3 Å². The third-order valence-corrected chi connectivity index (χ3v) is 3.88. The molecule has 0 radical (unpaired) electrons. The zero-order chi connectivity index (χ0) is 14.1. The summed E-state index contributed by atoms with van der Waals surface area (Å²) in [5.74, 6) is 1.74. The topological polar surface area (TPSA) is 34.1 Å². The molecule has 3 heteroatoms. The number of pyridine rings is 1. The standard InChI is InChI=1S/C16H26N2O/c1-15(2)8-12(9-16(3,4)11-15)18-14-7-6-13(19-5)10-17-14/h6-7,10,12H,8-9,11H2,1-5H3,(H,17,18). The summed E-state index contributed by atoms with van der Waals surface area (Å²) in [6, 6.07) is 4.45. The van der Waals surface area contributed by atoms with Gasteiger partial charge in [-0.15, -0.1) is 0 Å². The van der Waals surface area contributed by atoms with Crippen LogP contribution in [0, 0.1) is 10.8 Å². The lowest BCUT2D eigenvalue weighted by atomic mass is 9.63. The van der Waals surface area contributed by atoms with E-state index in [4.69, 9.17) is 4.74 Å². The van der Waals surface area contributed by atoms with Crippen molar-refractivity contribution in [2.45, 2.75) is 53.0 Å². The first-order valence-electron chi connectivity index (χ1n) is 7.06. The summed E-state index contributed by atoms with van der Waals surface area (Å²) >= 11 is 0. The van der Waals surface area contributed by atoms with E-state index in [2.05, 4.69) is 38.0 Å². The van der Waals surface area contributed by atoms with Crippen LogP contribution in [0.1, 0.15) is 47.0 Å². The molecule has 0 saturated heterocycles. The predicted molar refractivity (Wildman–Crippen MR) is 79.6 cm³/mol. The zero-order valence-corrected chi connectivity index (χ0v) is 12.8. The summed E-state index contributed by atoms with van der Waals surface area (Å²) in [5.41, 5.74) is 0.789. The highest BCUT2D eigenvalue weighted by molar-refractivity contribution is 5.38. The monoisotopic (exact) mass is 262 g/mol. The highest BCUT2D eigenvalue weighted by atomic mass is 16.5. The summed E-state index contributed by atoms with van der Waals surface area (Å²) in [7, 11) is 1.66. The molecule has 0 spiro atoms. The first-order valence-corrected chi connectivity index (χ1v) is 7.06. The molecule has 1 aromatic rings. The molecule has 0 aromatic carbocycles. The molecule has 0 atom stereocenters. The molecule has 1 aliphatic rings. The zero-order valence-electron chi connectivity index (χ0n) is 12.8. The Bertz CT molecular complexity index is 407. The highest BCUT2D eigenvalue weighted by Gasteiger charge is 2.38. The van der Waals surface area contributed by atoms with Crippen LogP contribution in [0.2, 0.25) is 0 Å². The van der Waals surface area contributed by atoms with Gasteiger partial charge in [-0.3, -0.25) is 0 Å². The fraction of sp³-hybridized carbons (Fsp3) is 0.688. The maximum absolute atomic E-state index is 5.14. The number of aromatic nitrogens is 1. The maximum atomic E-state index is 5.14. The molecule has 106 valence electrons. The lowest BCUT2D eigenvalue weighted by molar-refractivity contribution is 0.105. The Balaban J connectivity index is 2.05. The van der Waals surface area contributed by atoms with E-state index in [1.807, 2.05) is 12.1 Å². The van der Waals surface area contributed by atoms with Crippen LogP contribution in [0.3, 0.4) is 0 Å². The normalized spacial score (nSPS) is 21.9. The van der Waals surface area contributed by atoms with Crippen LogP contribution in [0.5, 0.6) is 5.75 Å². The highest BCUT2D eigenvalue weighted by Crippen LogP contribution is 2.46. The second-order valence-corrected chi connectivity index (χ2v) is 7.34. The molecule has 0 bridgehead atoms. The number of hydrogen-bond acceptors (Lipinski definition) is 3. The van der Waals surface area contributed by atoms with Gasteiger partial charge >= 0.3 is 0 Å². The van der Waals surface area contributed by atoms with E-state index in [0.29, 0.717) is 16.9 Å². The number of nitrogens with zero attached hydrogens (tertiary/aromatic N) is 1. The van der Waals surface area contributed by atoms with Gasteiger partial charge in [0.1, 0.15) is 11.6 Å². The van der Waals surface area contributed by atoms with Crippen molar-refractivity contribution in [3.63, 3.8) is 0 Å². The van der Waals surface area contributed by atoms with Crippen molar-refractivity contribution in [1.29, 1.82) is 0 Å².